The topological polar surface area (TPSA) is 33.5 Å². The maximum absolute atomic E-state index is 6.31. The average Bonchev–Trinajstić information content (AvgIpc) is 3.64. The second-order valence-corrected chi connectivity index (χ2v) is 12.0. The fourth-order valence-corrected chi connectivity index (χ4v) is 7.59. The molecule has 5 heteroatoms. The SMILES string of the molecule is C1=CC2c3ccc4c5ccccc5n(-c5ccccc5)c4c3N(c3cccc(N4c5ccccc5Oc5ccccc54)n3)C2C=C1. The van der Waals surface area contributed by atoms with Crippen molar-refractivity contribution in [1.82, 2.24) is 9.55 Å². The molecule has 7 aromatic rings. The Morgan fingerprint density at radius 3 is 2.09 bits per heavy atom. The molecule has 2 unspecified atom stereocenters. The normalized spacial score (nSPS) is 17.5. The summed E-state index contributed by atoms with van der Waals surface area (Å²) in [7, 11) is 0. The summed E-state index contributed by atoms with van der Waals surface area (Å²) in [5.41, 5.74) is 8.00. The van der Waals surface area contributed by atoms with Crippen molar-refractivity contribution in [2.45, 2.75) is 12.0 Å². The first-order valence-corrected chi connectivity index (χ1v) is 15.7. The van der Waals surface area contributed by atoms with Crippen LogP contribution in [-0.4, -0.2) is 15.6 Å². The number of pyridine rings is 1. The fourth-order valence-electron chi connectivity index (χ4n) is 7.59. The van der Waals surface area contributed by atoms with Crippen molar-refractivity contribution in [2.24, 2.45) is 0 Å². The molecular formula is C41H28N4O. The number of para-hydroxylation sites is 6. The van der Waals surface area contributed by atoms with Gasteiger partial charge in [-0.2, -0.15) is 0 Å². The number of aromatic nitrogens is 2. The predicted octanol–water partition coefficient (Wildman–Crippen LogP) is 10.5. The molecule has 5 nitrogen and oxygen atoms in total. The minimum Gasteiger partial charge on any atom is -0.453 e. The van der Waals surface area contributed by atoms with Gasteiger partial charge in [-0.1, -0.05) is 103 Å². The predicted molar refractivity (Wildman–Crippen MR) is 187 cm³/mol. The van der Waals surface area contributed by atoms with Gasteiger partial charge in [-0.3, -0.25) is 4.90 Å². The molecule has 1 aliphatic carbocycles. The lowest BCUT2D eigenvalue weighted by Gasteiger charge is -2.33. The van der Waals surface area contributed by atoms with E-state index in [4.69, 9.17) is 9.72 Å². The van der Waals surface area contributed by atoms with Crippen molar-refractivity contribution in [3.63, 3.8) is 0 Å². The summed E-state index contributed by atoms with van der Waals surface area (Å²) in [4.78, 5) is 10.1. The Labute approximate surface area is 266 Å². The summed E-state index contributed by atoms with van der Waals surface area (Å²) < 4.78 is 8.74. The van der Waals surface area contributed by atoms with Crippen molar-refractivity contribution in [3.05, 3.63) is 163 Å². The number of hydrogen-bond acceptors (Lipinski definition) is 4. The number of ether oxygens (including phenoxy) is 1. The van der Waals surface area contributed by atoms with Crippen LogP contribution in [-0.2, 0) is 0 Å². The Bertz CT molecular complexity index is 2340. The highest BCUT2D eigenvalue weighted by atomic mass is 16.5. The van der Waals surface area contributed by atoms with E-state index < -0.39 is 0 Å². The molecule has 0 spiro atoms. The van der Waals surface area contributed by atoms with E-state index in [-0.39, 0.29) is 12.0 Å². The molecule has 0 fully saturated rings. The van der Waals surface area contributed by atoms with E-state index in [0.29, 0.717) is 0 Å². The van der Waals surface area contributed by atoms with Gasteiger partial charge in [-0.15, -0.1) is 0 Å². The number of hydrogen-bond donors (Lipinski definition) is 0. The van der Waals surface area contributed by atoms with Gasteiger partial charge in [-0.05, 0) is 60.2 Å². The minimum atomic E-state index is 0.0971. The highest BCUT2D eigenvalue weighted by Crippen LogP contribution is 2.54. The van der Waals surface area contributed by atoms with Crippen LogP contribution in [0.5, 0.6) is 11.5 Å². The summed E-state index contributed by atoms with van der Waals surface area (Å²) >= 11 is 0. The van der Waals surface area contributed by atoms with Crippen molar-refractivity contribution >= 4 is 50.5 Å². The quantitative estimate of drug-likeness (QED) is 0.204. The number of anilines is 5. The largest absolute Gasteiger partial charge is 0.453 e. The molecule has 2 aromatic heterocycles. The highest BCUT2D eigenvalue weighted by Gasteiger charge is 2.41. The van der Waals surface area contributed by atoms with E-state index in [2.05, 4.69) is 136 Å². The first-order chi connectivity index (χ1) is 22.8. The molecule has 2 atom stereocenters. The third kappa shape index (κ3) is 3.54. The molecule has 218 valence electrons. The van der Waals surface area contributed by atoms with Crippen molar-refractivity contribution in [1.29, 1.82) is 0 Å². The molecule has 2 aliphatic heterocycles. The van der Waals surface area contributed by atoms with Gasteiger partial charge in [0.2, 0.25) is 0 Å². The lowest BCUT2D eigenvalue weighted by molar-refractivity contribution is 0.476. The van der Waals surface area contributed by atoms with Crippen molar-refractivity contribution in [3.8, 4) is 17.2 Å². The fraction of sp³-hybridized carbons (Fsp3) is 0.0488. The molecular weight excluding hydrogens is 564 g/mol. The van der Waals surface area contributed by atoms with Gasteiger partial charge in [0.15, 0.2) is 11.5 Å². The first-order valence-electron chi connectivity index (χ1n) is 15.7. The summed E-state index contributed by atoms with van der Waals surface area (Å²) in [6.45, 7) is 0. The molecule has 0 N–H and O–H groups in total. The number of nitrogens with zero attached hydrogens (tertiary/aromatic N) is 4. The van der Waals surface area contributed by atoms with Crippen LogP contribution in [0.15, 0.2) is 158 Å². The van der Waals surface area contributed by atoms with Gasteiger partial charge in [0.1, 0.15) is 11.6 Å². The van der Waals surface area contributed by atoms with Gasteiger partial charge in [0.05, 0.1) is 34.1 Å². The Balaban J connectivity index is 1.24. The van der Waals surface area contributed by atoms with Crippen LogP contribution in [0.1, 0.15) is 11.5 Å². The number of rotatable bonds is 3. The molecule has 0 amide bonds. The molecule has 3 aliphatic rings. The lowest BCUT2D eigenvalue weighted by Crippen LogP contribution is -2.29. The maximum atomic E-state index is 6.31. The van der Waals surface area contributed by atoms with Crippen LogP contribution >= 0.6 is 0 Å². The molecule has 0 radical (unpaired) electrons. The van der Waals surface area contributed by atoms with E-state index in [1.807, 2.05) is 36.4 Å². The summed E-state index contributed by atoms with van der Waals surface area (Å²) in [5, 5.41) is 2.48. The molecule has 46 heavy (non-hydrogen) atoms. The Morgan fingerprint density at radius 1 is 0.565 bits per heavy atom. The van der Waals surface area contributed by atoms with Crippen LogP contribution < -0.4 is 14.5 Å². The third-order valence-electron chi connectivity index (χ3n) is 9.49. The van der Waals surface area contributed by atoms with Gasteiger partial charge in [0, 0.05) is 22.4 Å². The van der Waals surface area contributed by atoms with E-state index in [0.717, 1.165) is 40.2 Å². The molecule has 0 saturated heterocycles. The number of benzene rings is 5. The Morgan fingerprint density at radius 2 is 1.26 bits per heavy atom. The van der Waals surface area contributed by atoms with Gasteiger partial charge in [-0.25, -0.2) is 4.98 Å². The van der Waals surface area contributed by atoms with E-state index >= 15 is 0 Å². The molecule has 0 bridgehead atoms. The van der Waals surface area contributed by atoms with E-state index in [9.17, 15) is 0 Å². The van der Waals surface area contributed by atoms with Crippen molar-refractivity contribution in [2.75, 3.05) is 9.80 Å². The molecule has 0 saturated carbocycles. The summed E-state index contributed by atoms with van der Waals surface area (Å²) in [6.07, 6.45) is 9.00. The zero-order valence-corrected chi connectivity index (χ0v) is 24.9. The Hall–Kier alpha value is -6.07. The van der Waals surface area contributed by atoms with Crippen LogP contribution in [0.25, 0.3) is 27.5 Å². The van der Waals surface area contributed by atoms with Gasteiger partial charge < -0.3 is 14.2 Å². The van der Waals surface area contributed by atoms with Crippen LogP contribution in [0.2, 0.25) is 0 Å². The zero-order valence-electron chi connectivity index (χ0n) is 24.9. The maximum Gasteiger partial charge on any atom is 0.151 e. The summed E-state index contributed by atoms with van der Waals surface area (Å²) in [6, 6.07) is 46.9. The standard InChI is InChI=1S/C41H28N4O/c1-2-13-27(14-3-1)43-32-17-6-4-15-28(32)30-25-26-31-29-16-5-7-18-33(29)45(41(31)40(30)43)39-24-12-23-38(42-39)44-34-19-8-10-21-36(34)46-37-22-11-9-20-35(37)44/h1-26,29,33H. The summed E-state index contributed by atoms with van der Waals surface area (Å²) in [5.74, 6) is 3.59. The lowest BCUT2D eigenvalue weighted by atomic mass is 9.91. The Kier molecular flexibility index (Phi) is 5.34. The second-order valence-electron chi connectivity index (χ2n) is 12.0. The van der Waals surface area contributed by atoms with Crippen molar-refractivity contribution < 1.29 is 4.74 Å². The van der Waals surface area contributed by atoms with E-state index in [1.165, 1.54) is 33.1 Å². The first kappa shape index (κ1) is 25.3. The number of allylic oxidation sites excluding steroid dienone is 2. The van der Waals surface area contributed by atoms with Crippen LogP contribution in [0, 0.1) is 0 Å². The van der Waals surface area contributed by atoms with Crippen LogP contribution in [0.4, 0.5) is 28.7 Å². The second kappa shape index (κ2) is 9.71. The smallest absolute Gasteiger partial charge is 0.151 e. The molecule has 5 aromatic carbocycles. The third-order valence-corrected chi connectivity index (χ3v) is 9.49. The minimum absolute atomic E-state index is 0.0971. The van der Waals surface area contributed by atoms with E-state index in [1.54, 1.807) is 0 Å². The number of fused-ring (bicyclic) bond motifs is 9. The highest BCUT2D eigenvalue weighted by molar-refractivity contribution is 6.15. The van der Waals surface area contributed by atoms with Gasteiger partial charge >= 0.3 is 0 Å². The molecule has 10 rings (SSSR count). The average molecular weight is 593 g/mol. The molecule has 4 heterocycles. The monoisotopic (exact) mass is 592 g/mol. The van der Waals surface area contributed by atoms with Crippen LogP contribution in [0.3, 0.4) is 0 Å². The zero-order chi connectivity index (χ0) is 30.2. The van der Waals surface area contributed by atoms with Gasteiger partial charge in [0.25, 0.3) is 0 Å².